The summed E-state index contributed by atoms with van der Waals surface area (Å²) < 4.78 is 0. The minimum atomic E-state index is -1.000. The Balaban J connectivity index is 2.02. The van der Waals surface area contributed by atoms with E-state index in [0.717, 1.165) is 4.90 Å². The summed E-state index contributed by atoms with van der Waals surface area (Å²) in [7, 11) is 0. The van der Waals surface area contributed by atoms with Gasteiger partial charge >= 0.3 is 0 Å². The van der Waals surface area contributed by atoms with Crippen LogP contribution in [-0.4, -0.2) is 17.7 Å². The largest absolute Gasteiger partial charge is 0.325 e. The predicted molar refractivity (Wildman–Crippen MR) is 82.4 cm³/mol. The quantitative estimate of drug-likeness (QED) is 0.864. The molecule has 3 rings (SSSR count). The van der Waals surface area contributed by atoms with Gasteiger partial charge in [-0.15, -0.1) is 0 Å². The second-order valence-corrected chi connectivity index (χ2v) is 5.04. The number of hydrogen-bond acceptors (Lipinski definition) is 3. The Morgan fingerprint density at radius 2 is 1.64 bits per heavy atom. The van der Waals surface area contributed by atoms with Gasteiger partial charge in [0, 0.05) is 12.6 Å². The molecule has 0 aliphatic carbocycles. The van der Waals surface area contributed by atoms with E-state index in [1.165, 1.54) is 6.92 Å². The molecule has 0 radical (unpaired) electrons. The molecule has 1 aliphatic rings. The van der Waals surface area contributed by atoms with Crippen LogP contribution in [0.2, 0.25) is 0 Å². The molecule has 0 saturated heterocycles. The Labute approximate surface area is 127 Å². The molecular formula is C17H14N2O3. The van der Waals surface area contributed by atoms with Crippen LogP contribution >= 0.6 is 0 Å². The minimum absolute atomic E-state index is 0.409. The highest BCUT2D eigenvalue weighted by Crippen LogP contribution is 2.34. The van der Waals surface area contributed by atoms with Gasteiger partial charge in [-0.1, -0.05) is 36.4 Å². The molecule has 2 aromatic carbocycles. The zero-order valence-electron chi connectivity index (χ0n) is 11.9. The summed E-state index contributed by atoms with van der Waals surface area (Å²) in [6.45, 7) is 1.31. The molecule has 0 bridgehead atoms. The van der Waals surface area contributed by atoms with Crippen LogP contribution in [0.4, 0.5) is 11.4 Å². The maximum atomic E-state index is 12.8. The van der Waals surface area contributed by atoms with E-state index >= 15 is 0 Å². The number of hydrogen-bond donors (Lipinski definition) is 1. The van der Waals surface area contributed by atoms with Crippen LogP contribution in [0.3, 0.4) is 0 Å². The smallest absolute Gasteiger partial charge is 0.250 e. The molecule has 1 N–H and O–H groups in total. The summed E-state index contributed by atoms with van der Waals surface area (Å²) in [6.07, 6.45) is 0. The Morgan fingerprint density at radius 1 is 1.00 bits per heavy atom. The Bertz CT molecular complexity index is 752. The molecule has 0 aromatic heterocycles. The number of carbonyl (C=O) groups is 3. The molecule has 110 valence electrons. The van der Waals surface area contributed by atoms with Crippen LogP contribution in [-0.2, 0) is 14.4 Å². The number of fused-ring (bicyclic) bond motifs is 1. The first-order valence-electron chi connectivity index (χ1n) is 6.89. The molecule has 0 fully saturated rings. The first kappa shape index (κ1) is 14.0. The molecule has 0 saturated carbocycles. The van der Waals surface area contributed by atoms with Crippen molar-refractivity contribution in [1.82, 2.24) is 0 Å². The third-order valence-corrected chi connectivity index (χ3v) is 3.59. The summed E-state index contributed by atoms with van der Waals surface area (Å²) in [5, 5.41) is 2.68. The lowest BCUT2D eigenvalue weighted by atomic mass is 9.99. The van der Waals surface area contributed by atoms with Crippen LogP contribution < -0.4 is 10.2 Å². The fourth-order valence-electron chi connectivity index (χ4n) is 2.62. The summed E-state index contributed by atoms with van der Waals surface area (Å²) in [5.74, 6) is -2.37. The van der Waals surface area contributed by atoms with Crippen molar-refractivity contribution in [3.8, 4) is 0 Å². The molecule has 2 aromatic rings. The van der Waals surface area contributed by atoms with Crippen LogP contribution in [0, 0.1) is 0 Å². The van der Waals surface area contributed by atoms with Crippen molar-refractivity contribution in [3.63, 3.8) is 0 Å². The van der Waals surface area contributed by atoms with Gasteiger partial charge < -0.3 is 5.32 Å². The van der Waals surface area contributed by atoms with E-state index < -0.39 is 23.6 Å². The van der Waals surface area contributed by atoms with E-state index in [1.54, 1.807) is 54.6 Å². The lowest BCUT2D eigenvalue weighted by Crippen LogP contribution is -2.40. The zero-order chi connectivity index (χ0) is 15.7. The highest BCUT2D eigenvalue weighted by Gasteiger charge is 2.40. The van der Waals surface area contributed by atoms with Crippen molar-refractivity contribution in [2.45, 2.75) is 12.8 Å². The van der Waals surface area contributed by atoms with Gasteiger partial charge in [-0.2, -0.15) is 0 Å². The number of amides is 3. The van der Waals surface area contributed by atoms with Crippen molar-refractivity contribution in [3.05, 3.63) is 60.2 Å². The Kier molecular flexibility index (Phi) is 3.47. The van der Waals surface area contributed by atoms with Gasteiger partial charge in [-0.3, -0.25) is 14.4 Å². The molecule has 1 aliphatic heterocycles. The molecule has 22 heavy (non-hydrogen) atoms. The topological polar surface area (TPSA) is 66.5 Å². The van der Waals surface area contributed by atoms with Crippen LogP contribution in [0.15, 0.2) is 54.6 Å². The minimum Gasteiger partial charge on any atom is -0.325 e. The molecule has 1 heterocycles. The Hall–Kier alpha value is -2.95. The van der Waals surface area contributed by atoms with Crippen LogP contribution in [0.5, 0.6) is 0 Å². The van der Waals surface area contributed by atoms with Gasteiger partial charge in [0.1, 0.15) is 5.92 Å². The van der Waals surface area contributed by atoms with E-state index in [4.69, 9.17) is 0 Å². The highest BCUT2D eigenvalue weighted by atomic mass is 16.2. The second kappa shape index (κ2) is 5.44. The number of imide groups is 1. The molecule has 1 atom stereocenters. The molecule has 1 unspecified atom stereocenters. The Morgan fingerprint density at radius 3 is 2.32 bits per heavy atom. The lowest BCUT2D eigenvalue weighted by Gasteiger charge is -2.22. The molecule has 5 heteroatoms. The third-order valence-electron chi connectivity index (χ3n) is 3.59. The van der Waals surface area contributed by atoms with Crippen molar-refractivity contribution < 1.29 is 14.4 Å². The average molecular weight is 294 g/mol. The molecule has 3 amide bonds. The number of benzene rings is 2. The van der Waals surface area contributed by atoms with Crippen molar-refractivity contribution in [2.24, 2.45) is 0 Å². The molecular weight excluding hydrogens is 280 g/mol. The van der Waals surface area contributed by atoms with Gasteiger partial charge in [0.15, 0.2) is 0 Å². The molecule has 5 nitrogen and oxygen atoms in total. The standard InChI is InChI=1S/C17H14N2O3/c1-11(20)19(12-7-3-2-4-8-12)17(22)15-13-9-5-6-10-14(13)18-16(15)21/h2-10,15H,1H3,(H,18,21). The lowest BCUT2D eigenvalue weighted by molar-refractivity contribution is -0.129. The SMILES string of the molecule is CC(=O)N(C(=O)C1C(=O)Nc2ccccc21)c1ccccc1. The first-order valence-corrected chi connectivity index (χ1v) is 6.89. The number of anilines is 2. The number of nitrogens with one attached hydrogen (secondary N) is 1. The van der Waals surface area contributed by atoms with Gasteiger partial charge in [0.25, 0.3) is 5.91 Å². The summed E-state index contributed by atoms with van der Waals surface area (Å²) in [4.78, 5) is 37.9. The van der Waals surface area contributed by atoms with Gasteiger partial charge in [-0.05, 0) is 23.8 Å². The van der Waals surface area contributed by atoms with Crippen molar-refractivity contribution in [2.75, 3.05) is 10.2 Å². The number of rotatable bonds is 2. The van der Waals surface area contributed by atoms with E-state index in [2.05, 4.69) is 5.32 Å². The van der Waals surface area contributed by atoms with Crippen LogP contribution in [0.1, 0.15) is 18.4 Å². The van der Waals surface area contributed by atoms with E-state index in [-0.39, 0.29) is 0 Å². The van der Waals surface area contributed by atoms with E-state index in [0.29, 0.717) is 16.9 Å². The van der Waals surface area contributed by atoms with Crippen molar-refractivity contribution >= 4 is 29.1 Å². The van der Waals surface area contributed by atoms with Gasteiger partial charge in [0.2, 0.25) is 11.8 Å². The van der Waals surface area contributed by atoms with Gasteiger partial charge in [-0.25, -0.2) is 4.90 Å². The zero-order valence-corrected chi connectivity index (χ0v) is 11.9. The highest BCUT2D eigenvalue weighted by molar-refractivity contribution is 6.26. The number of carbonyl (C=O) groups excluding carboxylic acids is 3. The predicted octanol–water partition coefficient (Wildman–Crippen LogP) is 2.30. The van der Waals surface area contributed by atoms with E-state index in [1.807, 2.05) is 0 Å². The summed E-state index contributed by atoms with van der Waals surface area (Å²) >= 11 is 0. The monoisotopic (exact) mass is 294 g/mol. The number of nitrogens with zero attached hydrogens (tertiary/aromatic N) is 1. The first-order chi connectivity index (χ1) is 10.6. The normalized spacial score (nSPS) is 15.9. The summed E-state index contributed by atoms with van der Waals surface area (Å²) in [6, 6.07) is 15.6. The van der Waals surface area contributed by atoms with Crippen molar-refractivity contribution in [1.29, 1.82) is 0 Å². The fraction of sp³-hybridized carbons (Fsp3) is 0.118. The maximum absolute atomic E-state index is 12.8. The average Bonchev–Trinajstić information content (AvgIpc) is 2.83. The van der Waals surface area contributed by atoms with Crippen LogP contribution in [0.25, 0.3) is 0 Å². The summed E-state index contributed by atoms with van der Waals surface area (Å²) in [5.41, 5.74) is 1.67. The second-order valence-electron chi connectivity index (χ2n) is 5.04. The fourth-order valence-corrected chi connectivity index (χ4v) is 2.62. The number of para-hydroxylation sites is 2. The maximum Gasteiger partial charge on any atom is 0.250 e. The third kappa shape index (κ3) is 2.26. The van der Waals surface area contributed by atoms with E-state index in [9.17, 15) is 14.4 Å². The van der Waals surface area contributed by atoms with Gasteiger partial charge in [0.05, 0.1) is 5.69 Å². The molecule has 0 spiro atoms.